The van der Waals surface area contributed by atoms with Crippen LogP contribution in [0.15, 0.2) is 24.3 Å². The number of benzene rings is 1. The summed E-state index contributed by atoms with van der Waals surface area (Å²) in [5, 5.41) is 1.84. The van der Waals surface area contributed by atoms with Gasteiger partial charge in [0.05, 0.1) is 5.52 Å². The molecule has 1 aromatic carbocycles. The average Bonchev–Trinajstić information content (AvgIpc) is 2.28. The van der Waals surface area contributed by atoms with Crippen LogP contribution < -0.4 is 0 Å². The number of aromatic nitrogens is 1. The van der Waals surface area contributed by atoms with Crippen molar-refractivity contribution >= 4 is 22.5 Å². The summed E-state index contributed by atoms with van der Waals surface area (Å²) < 4.78 is 0. The van der Waals surface area contributed by atoms with E-state index in [1.807, 2.05) is 0 Å². The van der Waals surface area contributed by atoms with E-state index in [1.54, 1.807) is 0 Å². The van der Waals surface area contributed by atoms with Gasteiger partial charge >= 0.3 is 0 Å². The van der Waals surface area contributed by atoms with Crippen LogP contribution in [0.4, 0.5) is 0 Å². The van der Waals surface area contributed by atoms with E-state index in [1.165, 1.54) is 10.9 Å². The molecule has 0 aliphatic heterocycles. The van der Waals surface area contributed by atoms with E-state index in [4.69, 9.17) is 11.6 Å². The van der Waals surface area contributed by atoms with Crippen molar-refractivity contribution < 1.29 is 0 Å². The van der Waals surface area contributed by atoms with Crippen molar-refractivity contribution in [2.45, 2.75) is 46.0 Å². The first-order valence-electron chi connectivity index (χ1n) is 6.51. The highest BCUT2D eigenvalue weighted by molar-refractivity contribution is 6.30. The molecule has 0 N–H and O–H groups in total. The lowest BCUT2D eigenvalue weighted by molar-refractivity contribution is 0.591. The summed E-state index contributed by atoms with van der Waals surface area (Å²) in [5.74, 6) is 0. The number of hydrogen-bond donors (Lipinski definition) is 0. The number of pyridine rings is 1. The van der Waals surface area contributed by atoms with Crippen LogP contribution in [0.25, 0.3) is 10.9 Å². The van der Waals surface area contributed by atoms with Crippen LogP contribution in [0.2, 0.25) is 5.15 Å². The van der Waals surface area contributed by atoms with Crippen molar-refractivity contribution in [3.8, 4) is 0 Å². The first kappa shape index (κ1) is 13.4. The van der Waals surface area contributed by atoms with Crippen LogP contribution in [-0.2, 0) is 11.8 Å². The molecule has 0 amide bonds. The summed E-state index contributed by atoms with van der Waals surface area (Å²) in [5.41, 5.74) is 3.63. The zero-order valence-corrected chi connectivity index (χ0v) is 12.3. The Labute approximate surface area is 114 Å². The minimum Gasteiger partial charge on any atom is -0.236 e. The maximum atomic E-state index is 6.20. The highest BCUT2D eigenvalue weighted by Gasteiger charge is 2.14. The fourth-order valence-electron chi connectivity index (χ4n) is 2.11. The summed E-state index contributed by atoms with van der Waals surface area (Å²) in [6.45, 7) is 8.84. The summed E-state index contributed by atoms with van der Waals surface area (Å²) in [7, 11) is 0. The Morgan fingerprint density at radius 3 is 2.50 bits per heavy atom. The molecule has 2 aromatic rings. The van der Waals surface area contributed by atoms with E-state index in [0.717, 1.165) is 23.9 Å². The van der Waals surface area contributed by atoms with Crippen molar-refractivity contribution in [2.24, 2.45) is 0 Å². The van der Waals surface area contributed by atoms with Gasteiger partial charge in [0.1, 0.15) is 5.15 Å². The van der Waals surface area contributed by atoms with Crippen LogP contribution in [0.5, 0.6) is 0 Å². The second-order valence-electron chi connectivity index (χ2n) is 5.85. The minimum atomic E-state index is 0.165. The lowest BCUT2D eigenvalue weighted by Crippen LogP contribution is -2.10. The van der Waals surface area contributed by atoms with Crippen molar-refractivity contribution in [2.75, 3.05) is 0 Å². The molecule has 2 rings (SSSR count). The number of aryl methyl sites for hydroxylation is 1. The van der Waals surface area contributed by atoms with Gasteiger partial charge in [0, 0.05) is 5.39 Å². The Morgan fingerprint density at radius 1 is 1.17 bits per heavy atom. The molecule has 0 aliphatic rings. The third-order valence-corrected chi connectivity index (χ3v) is 3.55. The topological polar surface area (TPSA) is 12.9 Å². The Morgan fingerprint density at radius 2 is 1.89 bits per heavy atom. The molecule has 0 saturated heterocycles. The van der Waals surface area contributed by atoms with Crippen LogP contribution in [0, 0.1) is 0 Å². The lowest BCUT2D eigenvalue weighted by Gasteiger charge is -2.19. The van der Waals surface area contributed by atoms with E-state index in [2.05, 4.69) is 56.9 Å². The molecule has 18 heavy (non-hydrogen) atoms. The van der Waals surface area contributed by atoms with Gasteiger partial charge in [-0.05, 0) is 41.2 Å². The lowest BCUT2D eigenvalue weighted by atomic mass is 9.86. The quantitative estimate of drug-likeness (QED) is 0.682. The zero-order valence-electron chi connectivity index (χ0n) is 11.5. The van der Waals surface area contributed by atoms with Gasteiger partial charge in [0.25, 0.3) is 0 Å². The second kappa shape index (κ2) is 4.89. The van der Waals surface area contributed by atoms with Gasteiger partial charge in [-0.1, -0.05) is 51.8 Å². The molecule has 96 valence electrons. The first-order chi connectivity index (χ1) is 8.41. The highest BCUT2D eigenvalue weighted by Crippen LogP contribution is 2.28. The SMILES string of the molecule is CCCc1cc2cc(C(C)(C)C)ccc2nc1Cl. The molecule has 1 heterocycles. The molecule has 0 unspecified atom stereocenters. The predicted molar refractivity (Wildman–Crippen MR) is 79.4 cm³/mol. The minimum absolute atomic E-state index is 0.165. The summed E-state index contributed by atoms with van der Waals surface area (Å²) in [6.07, 6.45) is 2.08. The number of nitrogens with zero attached hydrogens (tertiary/aromatic N) is 1. The molecular formula is C16H20ClN. The predicted octanol–water partition coefficient (Wildman–Crippen LogP) is 5.14. The number of hydrogen-bond acceptors (Lipinski definition) is 1. The van der Waals surface area contributed by atoms with E-state index < -0.39 is 0 Å². The zero-order chi connectivity index (χ0) is 13.3. The number of rotatable bonds is 2. The van der Waals surface area contributed by atoms with Crippen LogP contribution in [-0.4, -0.2) is 4.98 Å². The Kier molecular flexibility index (Phi) is 3.63. The largest absolute Gasteiger partial charge is 0.236 e. The van der Waals surface area contributed by atoms with E-state index in [0.29, 0.717) is 5.15 Å². The van der Waals surface area contributed by atoms with Gasteiger partial charge in [-0.15, -0.1) is 0 Å². The van der Waals surface area contributed by atoms with Gasteiger partial charge in [0.15, 0.2) is 0 Å². The molecule has 0 fully saturated rings. The molecular weight excluding hydrogens is 242 g/mol. The van der Waals surface area contributed by atoms with Crippen molar-refractivity contribution in [3.05, 3.63) is 40.5 Å². The van der Waals surface area contributed by atoms with Crippen LogP contribution in [0.3, 0.4) is 0 Å². The van der Waals surface area contributed by atoms with Crippen molar-refractivity contribution in [1.82, 2.24) is 4.98 Å². The third-order valence-electron chi connectivity index (χ3n) is 3.23. The fraction of sp³-hybridized carbons (Fsp3) is 0.438. The fourth-order valence-corrected chi connectivity index (χ4v) is 2.35. The van der Waals surface area contributed by atoms with Crippen LogP contribution >= 0.6 is 11.6 Å². The smallest absolute Gasteiger partial charge is 0.132 e. The molecule has 0 aliphatic carbocycles. The number of fused-ring (bicyclic) bond motifs is 1. The average molecular weight is 262 g/mol. The highest BCUT2D eigenvalue weighted by atomic mass is 35.5. The molecule has 1 aromatic heterocycles. The summed E-state index contributed by atoms with van der Waals surface area (Å²) in [6, 6.07) is 8.63. The number of halogens is 1. The van der Waals surface area contributed by atoms with Crippen LogP contribution in [0.1, 0.15) is 45.2 Å². The van der Waals surface area contributed by atoms with Gasteiger partial charge in [0.2, 0.25) is 0 Å². The standard InChI is InChI=1S/C16H20ClN/c1-5-6-11-9-12-10-13(16(2,3)4)7-8-14(12)18-15(11)17/h7-10H,5-6H2,1-4H3. The maximum Gasteiger partial charge on any atom is 0.132 e. The Bertz CT molecular complexity index is 567. The molecule has 0 radical (unpaired) electrons. The van der Waals surface area contributed by atoms with Gasteiger partial charge < -0.3 is 0 Å². The first-order valence-corrected chi connectivity index (χ1v) is 6.89. The Balaban J connectivity index is 2.58. The van der Waals surface area contributed by atoms with Gasteiger partial charge in [-0.3, -0.25) is 0 Å². The van der Waals surface area contributed by atoms with Gasteiger partial charge in [-0.2, -0.15) is 0 Å². The second-order valence-corrected chi connectivity index (χ2v) is 6.20. The molecule has 0 bridgehead atoms. The van der Waals surface area contributed by atoms with Crippen molar-refractivity contribution in [3.63, 3.8) is 0 Å². The summed E-state index contributed by atoms with van der Waals surface area (Å²) in [4.78, 5) is 4.48. The van der Waals surface area contributed by atoms with Crippen molar-refractivity contribution in [1.29, 1.82) is 0 Å². The molecule has 2 heteroatoms. The van der Waals surface area contributed by atoms with E-state index in [9.17, 15) is 0 Å². The molecule has 1 nitrogen and oxygen atoms in total. The maximum absolute atomic E-state index is 6.20. The Hall–Kier alpha value is -1.08. The normalized spacial score (nSPS) is 12.1. The van der Waals surface area contributed by atoms with Gasteiger partial charge in [-0.25, -0.2) is 4.98 Å². The molecule has 0 spiro atoms. The third kappa shape index (κ3) is 2.67. The molecule has 0 saturated carbocycles. The summed E-state index contributed by atoms with van der Waals surface area (Å²) >= 11 is 6.20. The molecule has 0 atom stereocenters. The monoisotopic (exact) mass is 261 g/mol. The van der Waals surface area contributed by atoms with E-state index in [-0.39, 0.29) is 5.41 Å². The van der Waals surface area contributed by atoms with E-state index >= 15 is 0 Å².